The third kappa shape index (κ3) is 3.09. The van der Waals surface area contributed by atoms with Gasteiger partial charge in [-0.2, -0.15) is 0 Å². The van der Waals surface area contributed by atoms with E-state index < -0.39 is 0 Å². The molecule has 21 heavy (non-hydrogen) atoms. The second-order valence-electron chi connectivity index (χ2n) is 5.23. The molecule has 1 aliphatic heterocycles. The molecule has 3 rings (SSSR count). The molecule has 0 spiro atoms. The van der Waals surface area contributed by atoms with Crippen LogP contribution in [0.3, 0.4) is 0 Å². The molecule has 0 radical (unpaired) electrons. The summed E-state index contributed by atoms with van der Waals surface area (Å²) in [6, 6.07) is 8.40. The van der Waals surface area contributed by atoms with Gasteiger partial charge in [-0.15, -0.1) is 11.3 Å². The number of halogens is 1. The van der Waals surface area contributed by atoms with Crippen LogP contribution < -0.4 is 16.0 Å². The molecule has 2 aromatic rings. The Balaban J connectivity index is 1.87. The van der Waals surface area contributed by atoms with Gasteiger partial charge in [0.1, 0.15) is 5.75 Å². The predicted molar refractivity (Wildman–Crippen MR) is 88.1 cm³/mol. The van der Waals surface area contributed by atoms with Gasteiger partial charge in [-0.1, -0.05) is 18.5 Å². The normalized spacial score (nSPS) is 14.8. The number of aryl methyl sites for hydroxylation is 1. The highest BCUT2D eigenvalue weighted by atomic mass is 35.5. The topological polar surface area (TPSA) is 47.3 Å². The summed E-state index contributed by atoms with van der Waals surface area (Å²) in [6.07, 6.45) is 2.77. The smallest absolute Gasteiger partial charge is 0.125 e. The first kappa shape index (κ1) is 14.9. The zero-order valence-electron chi connectivity index (χ0n) is 12.0. The Labute approximate surface area is 134 Å². The van der Waals surface area contributed by atoms with Gasteiger partial charge in [0, 0.05) is 21.2 Å². The highest BCUT2D eigenvalue weighted by Gasteiger charge is 2.21. The second kappa shape index (κ2) is 6.36. The zero-order valence-corrected chi connectivity index (χ0v) is 13.6. The van der Waals surface area contributed by atoms with Crippen LogP contribution in [0.5, 0.6) is 5.75 Å². The minimum absolute atomic E-state index is 0.0852. The van der Waals surface area contributed by atoms with Gasteiger partial charge < -0.3 is 4.74 Å². The van der Waals surface area contributed by atoms with Crippen LogP contribution >= 0.6 is 22.9 Å². The molecule has 1 aromatic heterocycles. The van der Waals surface area contributed by atoms with E-state index in [9.17, 15) is 0 Å². The molecule has 2 heterocycles. The molecule has 1 aromatic carbocycles. The van der Waals surface area contributed by atoms with Crippen LogP contribution in [0.15, 0.2) is 24.3 Å². The Bertz CT molecular complexity index is 641. The Morgan fingerprint density at radius 1 is 1.43 bits per heavy atom. The van der Waals surface area contributed by atoms with Crippen molar-refractivity contribution in [2.45, 2.75) is 32.2 Å². The molecule has 0 fully saturated rings. The van der Waals surface area contributed by atoms with Crippen LogP contribution in [-0.4, -0.2) is 6.61 Å². The average Bonchev–Trinajstić information content (AvgIpc) is 3.12. The van der Waals surface area contributed by atoms with E-state index in [1.54, 1.807) is 11.3 Å². The lowest BCUT2D eigenvalue weighted by atomic mass is 10.0. The van der Waals surface area contributed by atoms with Gasteiger partial charge in [-0.3, -0.25) is 11.3 Å². The lowest BCUT2D eigenvalue weighted by Crippen LogP contribution is -2.29. The predicted octanol–water partition coefficient (Wildman–Crippen LogP) is 3.65. The number of hydrazine groups is 1. The first-order chi connectivity index (χ1) is 10.2. The molecular formula is C16H19ClN2OS. The maximum absolute atomic E-state index is 6.22. The Morgan fingerprint density at radius 2 is 2.29 bits per heavy atom. The van der Waals surface area contributed by atoms with Crippen molar-refractivity contribution in [1.82, 2.24) is 5.43 Å². The molecule has 0 aliphatic carbocycles. The molecule has 1 aliphatic rings. The molecule has 1 unspecified atom stereocenters. The van der Waals surface area contributed by atoms with Crippen LogP contribution in [-0.2, 0) is 19.3 Å². The molecule has 0 amide bonds. The summed E-state index contributed by atoms with van der Waals surface area (Å²) in [6.45, 7) is 2.90. The molecule has 0 saturated heterocycles. The molecule has 0 bridgehead atoms. The number of hydrogen-bond donors (Lipinski definition) is 2. The van der Waals surface area contributed by atoms with Gasteiger partial charge in [-0.25, -0.2) is 0 Å². The van der Waals surface area contributed by atoms with E-state index in [0.29, 0.717) is 0 Å². The third-order valence-electron chi connectivity index (χ3n) is 3.82. The first-order valence-corrected chi connectivity index (χ1v) is 8.39. The fraction of sp³-hybridized carbons (Fsp3) is 0.375. The van der Waals surface area contributed by atoms with E-state index >= 15 is 0 Å². The Hall–Kier alpha value is -1.07. The summed E-state index contributed by atoms with van der Waals surface area (Å²) < 4.78 is 5.77. The van der Waals surface area contributed by atoms with E-state index in [4.69, 9.17) is 22.2 Å². The van der Waals surface area contributed by atoms with Crippen molar-refractivity contribution >= 4 is 22.9 Å². The van der Waals surface area contributed by atoms with Gasteiger partial charge in [0.05, 0.1) is 12.6 Å². The third-order valence-corrected chi connectivity index (χ3v) is 5.39. The Morgan fingerprint density at radius 3 is 3.00 bits per heavy atom. The van der Waals surface area contributed by atoms with Crippen molar-refractivity contribution in [2.24, 2.45) is 5.84 Å². The largest absolute Gasteiger partial charge is 0.493 e. The summed E-state index contributed by atoms with van der Waals surface area (Å²) in [5.41, 5.74) is 5.26. The van der Waals surface area contributed by atoms with Crippen LogP contribution in [0.4, 0.5) is 0 Å². The summed E-state index contributed by atoms with van der Waals surface area (Å²) >= 11 is 8.03. The van der Waals surface area contributed by atoms with Crippen molar-refractivity contribution in [3.63, 3.8) is 0 Å². The number of fused-ring (bicyclic) bond motifs is 1. The van der Waals surface area contributed by atoms with Crippen molar-refractivity contribution < 1.29 is 4.74 Å². The minimum atomic E-state index is 0.0852. The fourth-order valence-corrected chi connectivity index (χ4v) is 4.01. The molecule has 1 atom stereocenters. The van der Waals surface area contributed by atoms with Gasteiger partial charge in [0.2, 0.25) is 0 Å². The molecular weight excluding hydrogens is 304 g/mol. The van der Waals surface area contributed by atoms with Gasteiger partial charge in [0.25, 0.3) is 0 Å². The molecule has 0 saturated carbocycles. The summed E-state index contributed by atoms with van der Waals surface area (Å²) in [5.74, 6) is 6.76. The first-order valence-electron chi connectivity index (χ1n) is 7.20. The summed E-state index contributed by atoms with van der Waals surface area (Å²) in [7, 11) is 0. The van der Waals surface area contributed by atoms with Crippen molar-refractivity contribution in [2.75, 3.05) is 6.61 Å². The van der Waals surface area contributed by atoms with Gasteiger partial charge in [-0.05, 0) is 48.2 Å². The summed E-state index contributed by atoms with van der Waals surface area (Å²) in [5, 5.41) is 0.769. The van der Waals surface area contributed by atoms with E-state index in [2.05, 4.69) is 24.5 Å². The van der Waals surface area contributed by atoms with E-state index in [1.807, 2.05) is 12.1 Å². The van der Waals surface area contributed by atoms with E-state index in [1.165, 1.54) is 15.3 Å². The highest BCUT2D eigenvalue weighted by molar-refractivity contribution is 7.12. The van der Waals surface area contributed by atoms with Gasteiger partial charge >= 0.3 is 0 Å². The van der Waals surface area contributed by atoms with Crippen molar-refractivity contribution in [3.8, 4) is 5.75 Å². The van der Waals surface area contributed by atoms with Gasteiger partial charge in [0.15, 0.2) is 0 Å². The van der Waals surface area contributed by atoms with Crippen LogP contribution in [0.2, 0.25) is 5.02 Å². The number of nitrogens with two attached hydrogens (primary N) is 1. The zero-order chi connectivity index (χ0) is 14.8. The highest BCUT2D eigenvalue weighted by Crippen LogP contribution is 2.36. The molecule has 3 N–H and O–H groups in total. The van der Waals surface area contributed by atoms with E-state index in [-0.39, 0.29) is 6.04 Å². The molecule has 5 heteroatoms. The number of hydrogen-bond acceptors (Lipinski definition) is 4. The van der Waals surface area contributed by atoms with Crippen molar-refractivity contribution in [1.29, 1.82) is 0 Å². The number of rotatable bonds is 5. The minimum Gasteiger partial charge on any atom is -0.493 e. The SMILES string of the molecule is CCc1ccc(C(Cc2cc(Cl)cc3c2OCC3)NN)s1. The number of ether oxygens (including phenoxy) is 1. The van der Waals surface area contributed by atoms with Crippen LogP contribution in [0.1, 0.15) is 33.8 Å². The number of thiophene rings is 1. The average molecular weight is 323 g/mol. The molecule has 112 valence electrons. The monoisotopic (exact) mass is 322 g/mol. The standard InChI is InChI=1S/C16H19ClN2OS/c1-2-13-3-4-15(21-13)14(19-18)9-11-8-12(17)7-10-5-6-20-16(10)11/h3-4,7-8,14,19H,2,5-6,9,18H2,1H3. The maximum atomic E-state index is 6.22. The van der Waals surface area contributed by atoms with E-state index in [0.717, 1.165) is 42.2 Å². The quantitative estimate of drug-likeness (QED) is 0.652. The number of benzene rings is 1. The fourth-order valence-electron chi connectivity index (χ4n) is 2.73. The van der Waals surface area contributed by atoms with Crippen LogP contribution in [0.25, 0.3) is 0 Å². The lowest BCUT2D eigenvalue weighted by molar-refractivity contribution is 0.351. The number of nitrogens with one attached hydrogen (secondary N) is 1. The molecule has 3 nitrogen and oxygen atoms in total. The van der Waals surface area contributed by atoms with Crippen molar-refractivity contribution in [3.05, 3.63) is 50.2 Å². The lowest BCUT2D eigenvalue weighted by Gasteiger charge is -2.16. The van der Waals surface area contributed by atoms with Crippen LogP contribution in [0, 0.1) is 0 Å². The second-order valence-corrected chi connectivity index (χ2v) is 6.87. The maximum Gasteiger partial charge on any atom is 0.125 e. The summed E-state index contributed by atoms with van der Waals surface area (Å²) in [4.78, 5) is 2.62. The Kier molecular flexibility index (Phi) is 4.50.